The monoisotopic (exact) mass is 443 g/mol. The van der Waals surface area contributed by atoms with Gasteiger partial charge in [-0.05, 0) is 37.2 Å². The lowest BCUT2D eigenvalue weighted by Crippen LogP contribution is -2.35. The van der Waals surface area contributed by atoms with Gasteiger partial charge in [-0.15, -0.1) is 0 Å². The lowest BCUT2D eigenvalue weighted by atomic mass is 10.1. The summed E-state index contributed by atoms with van der Waals surface area (Å²) >= 11 is 6.21. The molecule has 0 saturated carbocycles. The zero-order chi connectivity index (χ0) is 21.5. The van der Waals surface area contributed by atoms with E-state index < -0.39 is 40.5 Å². The number of thiazole rings is 1. The van der Waals surface area contributed by atoms with Crippen molar-refractivity contribution in [3.05, 3.63) is 52.1 Å². The normalized spacial score (nSPS) is 10.9. The number of halogens is 4. The minimum Gasteiger partial charge on any atom is -0.491 e. The first-order valence-corrected chi connectivity index (χ1v) is 9.27. The van der Waals surface area contributed by atoms with E-state index in [2.05, 4.69) is 15.0 Å². The Morgan fingerprint density at radius 1 is 1.07 bits per heavy atom. The van der Waals surface area contributed by atoms with Crippen LogP contribution in [0.3, 0.4) is 0 Å². The van der Waals surface area contributed by atoms with Gasteiger partial charge in [0.1, 0.15) is 5.56 Å². The zero-order valence-corrected chi connectivity index (χ0v) is 16.9. The van der Waals surface area contributed by atoms with Crippen LogP contribution in [-0.4, -0.2) is 23.1 Å². The summed E-state index contributed by atoms with van der Waals surface area (Å²) in [5, 5.41) is 4.59. The summed E-state index contributed by atoms with van der Waals surface area (Å²) in [7, 11) is 0.834. The van der Waals surface area contributed by atoms with Crippen molar-refractivity contribution >= 4 is 49.9 Å². The van der Waals surface area contributed by atoms with Gasteiger partial charge in [0.05, 0.1) is 17.3 Å². The third kappa shape index (κ3) is 3.75. The summed E-state index contributed by atoms with van der Waals surface area (Å²) in [6, 6.07) is 3.83. The smallest absolute Gasteiger partial charge is 0.263 e. The molecule has 5 nitrogen and oxygen atoms in total. The molecule has 0 spiro atoms. The number of carbonyl (C=O) groups excluding carboxylic acids is 1. The average molecular weight is 443 g/mol. The van der Waals surface area contributed by atoms with Crippen LogP contribution in [0.4, 0.5) is 22.7 Å². The highest BCUT2D eigenvalue weighted by atomic mass is 32.1. The average Bonchev–Trinajstić information content (AvgIpc) is 3.08. The first-order chi connectivity index (χ1) is 13.6. The summed E-state index contributed by atoms with van der Waals surface area (Å²) in [4.78, 5) is 16.5. The third-order valence-corrected chi connectivity index (χ3v) is 5.35. The summed E-state index contributed by atoms with van der Waals surface area (Å²) in [6.45, 7) is 3.78. The Kier molecular flexibility index (Phi) is 5.71. The van der Waals surface area contributed by atoms with Gasteiger partial charge in [0.15, 0.2) is 27.6 Å². The van der Waals surface area contributed by atoms with Crippen molar-refractivity contribution in [1.29, 1.82) is 0 Å². The SMILES string of the molecule is COc1c(F)c(F)c(C(=O)NC(=S)Nc2nc3c(C)ccc(C)c3s2)c(F)c1F. The van der Waals surface area contributed by atoms with E-state index in [4.69, 9.17) is 12.2 Å². The molecular formula is C18H13F4N3O2S2. The van der Waals surface area contributed by atoms with Crippen LogP contribution in [0.5, 0.6) is 5.75 Å². The Bertz CT molecular complexity index is 1100. The van der Waals surface area contributed by atoms with Crippen LogP contribution in [0.15, 0.2) is 12.1 Å². The zero-order valence-electron chi connectivity index (χ0n) is 15.2. The number of amides is 1. The van der Waals surface area contributed by atoms with E-state index in [9.17, 15) is 22.4 Å². The van der Waals surface area contributed by atoms with Gasteiger partial charge < -0.3 is 10.1 Å². The maximum absolute atomic E-state index is 14.0. The number of aromatic nitrogens is 1. The van der Waals surface area contributed by atoms with Gasteiger partial charge in [-0.1, -0.05) is 23.5 Å². The van der Waals surface area contributed by atoms with E-state index >= 15 is 0 Å². The number of ether oxygens (including phenoxy) is 1. The molecule has 3 rings (SSSR count). The minimum absolute atomic E-state index is 0.329. The number of rotatable bonds is 3. The summed E-state index contributed by atoms with van der Waals surface area (Å²) in [5.74, 6) is -10.2. The van der Waals surface area contributed by atoms with Gasteiger partial charge in [0.2, 0.25) is 11.6 Å². The second-order valence-corrected chi connectivity index (χ2v) is 7.38. The largest absolute Gasteiger partial charge is 0.491 e. The quantitative estimate of drug-likeness (QED) is 0.352. The maximum atomic E-state index is 14.0. The highest BCUT2D eigenvalue weighted by Crippen LogP contribution is 2.31. The number of carbonyl (C=O) groups is 1. The molecule has 152 valence electrons. The predicted octanol–water partition coefficient (Wildman–Crippen LogP) is 4.60. The number of methoxy groups -OCH3 is 1. The van der Waals surface area contributed by atoms with Crippen molar-refractivity contribution in [1.82, 2.24) is 10.3 Å². The third-order valence-electron chi connectivity index (χ3n) is 4.04. The van der Waals surface area contributed by atoms with Crippen molar-refractivity contribution in [2.24, 2.45) is 0 Å². The van der Waals surface area contributed by atoms with Crippen molar-refractivity contribution in [3.63, 3.8) is 0 Å². The fraction of sp³-hybridized carbons (Fsp3) is 0.167. The van der Waals surface area contributed by atoms with E-state index in [1.165, 1.54) is 11.3 Å². The molecule has 29 heavy (non-hydrogen) atoms. The molecule has 0 fully saturated rings. The highest BCUT2D eigenvalue weighted by molar-refractivity contribution is 7.80. The molecule has 1 heterocycles. The van der Waals surface area contributed by atoms with E-state index in [0.717, 1.165) is 28.5 Å². The molecule has 1 aromatic heterocycles. The van der Waals surface area contributed by atoms with Crippen molar-refractivity contribution in [2.75, 3.05) is 12.4 Å². The number of benzene rings is 2. The molecule has 0 saturated heterocycles. The number of hydrogen-bond acceptors (Lipinski definition) is 5. The number of aryl methyl sites for hydroxylation is 2. The van der Waals surface area contributed by atoms with Gasteiger partial charge in [0.25, 0.3) is 5.91 Å². The van der Waals surface area contributed by atoms with Crippen LogP contribution in [0.2, 0.25) is 0 Å². The molecule has 0 bridgehead atoms. The molecule has 11 heteroatoms. The highest BCUT2D eigenvalue weighted by Gasteiger charge is 2.30. The summed E-state index contributed by atoms with van der Waals surface area (Å²) in [6.07, 6.45) is 0. The van der Waals surface area contributed by atoms with E-state index in [0.29, 0.717) is 5.13 Å². The Hall–Kier alpha value is -2.79. The summed E-state index contributed by atoms with van der Waals surface area (Å²) < 4.78 is 60.9. The standard InChI is InChI=1S/C18H13F4N3O2S2/c1-6-4-5-7(2)15-13(6)23-18(29-15)25-17(28)24-16(26)8-9(19)11(21)14(27-3)12(22)10(8)20/h4-5H,1-3H3,(H2,23,24,25,26,28). The number of fused-ring (bicyclic) bond motifs is 1. The second kappa shape index (κ2) is 7.91. The maximum Gasteiger partial charge on any atom is 0.263 e. The molecular weight excluding hydrogens is 430 g/mol. The Morgan fingerprint density at radius 2 is 1.66 bits per heavy atom. The van der Waals surface area contributed by atoms with Gasteiger partial charge in [-0.25, -0.2) is 13.8 Å². The Morgan fingerprint density at radius 3 is 2.21 bits per heavy atom. The van der Waals surface area contributed by atoms with Gasteiger partial charge >= 0.3 is 0 Å². The predicted molar refractivity (Wildman–Crippen MR) is 106 cm³/mol. The topological polar surface area (TPSA) is 63.2 Å². The molecule has 2 aromatic carbocycles. The Labute approximate surface area is 171 Å². The molecule has 0 unspecified atom stereocenters. The fourth-order valence-electron chi connectivity index (χ4n) is 2.60. The van der Waals surface area contributed by atoms with E-state index in [1.807, 2.05) is 31.3 Å². The molecule has 0 atom stereocenters. The molecule has 0 aliphatic rings. The number of nitrogens with zero attached hydrogens (tertiary/aromatic N) is 1. The van der Waals surface area contributed by atoms with Gasteiger partial charge in [-0.2, -0.15) is 8.78 Å². The molecule has 0 radical (unpaired) electrons. The van der Waals surface area contributed by atoms with Crippen molar-refractivity contribution in [3.8, 4) is 5.75 Å². The Balaban J connectivity index is 1.84. The molecule has 0 aliphatic carbocycles. The first-order valence-electron chi connectivity index (χ1n) is 8.04. The molecule has 1 amide bonds. The molecule has 2 N–H and O–H groups in total. The number of nitrogens with one attached hydrogen (secondary N) is 2. The second-order valence-electron chi connectivity index (χ2n) is 5.97. The molecule has 3 aromatic rings. The summed E-state index contributed by atoms with van der Waals surface area (Å²) in [5.41, 5.74) is 1.20. The van der Waals surface area contributed by atoms with Crippen LogP contribution in [-0.2, 0) is 0 Å². The van der Waals surface area contributed by atoms with E-state index in [1.54, 1.807) is 0 Å². The van der Waals surface area contributed by atoms with Gasteiger partial charge in [0, 0.05) is 0 Å². The van der Waals surface area contributed by atoms with Crippen LogP contribution >= 0.6 is 23.6 Å². The van der Waals surface area contributed by atoms with Crippen LogP contribution < -0.4 is 15.4 Å². The van der Waals surface area contributed by atoms with Crippen molar-refractivity contribution < 1.29 is 27.1 Å². The van der Waals surface area contributed by atoms with Crippen LogP contribution in [0.1, 0.15) is 21.5 Å². The lowest BCUT2D eigenvalue weighted by Gasteiger charge is -2.11. The number of hydrogen-bond donors (Lipinski definition) is 2. The first kappa shape index (κ1) is 20.9. The van der Waals surface area contributed by atoms with Crippen LogP contribution in [0, 0.1) is 37.1 Å². The fourth-order valence-corrected chi connectivity index (χ4v) is 3.87. The van der Waals surface area contributed by atoms with Crippen molar-refractivity contribution in [2.45, 2.75) is 13.8 Å². The van der Waals surface area contributed by atoms with E-state index in [-0.39, 0.29) is 5.11 Å². The van der Waals surface area contributed by atoms with Gasteiger partial charge in [-0.3, -0.25) is 10.1 Å². The number of thiocarbonyl (C=S) groups is 1. The van der Waals surface area contributed by atoms with Crippen LogP contribution in [0.25, 0.3) is 10.2 Å². The minimum atomic E-state index is -1.90. The molecule has 0 aliphatic heterocycles. The lowest BCUT2D eigenvalue weighted by molar-refractivity contribution is 0.0966. The number of anilines is 1.